The highest BCUT2D eigenvalue weighted by Gasteiger charge is 2.25. The van der Waals surface area contributed by atoms with Gasteiger partial charge in [0.1, 0.15) is 0 Å². The fourth-order valence-corrected chi connectivity index (χ4v) is 0.755. The smallest absolute Gasteiger partial charge is 0.0340 e. The molecule has 0 unspecified atom stereocenters. The van der Waals surface area contributed by atoms with E-state index in [1.165, 1.54) is 0 Å². The zero-order valence-corrected chi connectivity index (χ0v) is 7.17. The minimum Gasteiger partial charge on any atom is -0.330 e. The van der Waals surface area contributed by atoms with Gasteiger partial charge in [-0.05, 0) is 24.2 Å². The van der Waals surface area contributed by atoms with Crippen LogP contribution >= 0.6 is 0 Å². The standard InChI is InChI=1S/C5H12N8/c6-1-5(2-7,3-10-12-8)4-11-13-9/h1-4,6-7H2. The van der Waals surface area contributed by atoms with Gasteiger partial charge < -0.3 is 11.5 Å². The summed E-state index contributed by atoms with van der Waals surface area (Å²) in [6.07, 6.45) is 0. The molecule has 0 saturated heterocycles. The maximum Gasteiger partial charge on any atom is 0.0340 e. The Labute approximate surface area is 75.1 Å². The molecular weight excluding hydrogens is 172 g/mol. The van der Waals surface area contributed by atoms with Gasteiger partial charge in [0.15, 0.2) is 0 Å². The van der Waals surface area contributed by atoms with Gasteiger partial charge in [-0.2, -0.15) is 0 Å². The average molecular weight is 184 g/mol. The van der Waals surface area contributed by atoms with Gasteiger partial charge in [0, 0.05) is 28.3 Å². The van der Waals surface area contributed by atoms with E-state index in [1.54, 1.807) is 0 Å². The van der Waals surface area contributed by atoms with Gasteiger partial charge >= 0.3 is 0 Å². The van der Waals surface area contributed by atoms with Crippen molar-refractivity contribution in [1.29, 1.82) is 0 Å². The molecule has 0 fully saturated rings. The Morgan fingerprint density at radius 3 is 1.62 bits per heavy atom. The fourth-order valence-electron chi connectivity index (χ4n) is 0.755. The van der Waals surface area contributed by atoms with Crippen LogP contribution in [0.15, 0.2) is 10.2 Å². The zero-order chi connectivity index (χ0) is 10.2. The van der Waals surface area contributed by atoms with Crippen molar-refractivity contribution in [3.8, 4) is 0 Å². The molecule has 13 heavy (non-hydrogen) atoms. The summed E-state index contributed by atoms with van der Waals surface area (Å²) in [6, 6.07) is 0. The van der Waals surface area contributed by atoms with Crippen molar-refractivity contribution >= 4 is 0 Å². The van der Waals surface area contributed by atoms with Crippen molar-refractivity contribution in [2.75, 3.05) is 26.2 Å². The third-order valence-corrected chi connectivity index (χ3v) is 1.80. The van der Waals surface area contributed by atoms with Crippen molar-refractivity contribution in [1.82, 2.24) is 0 Å². The molecule has 0 rings (SSSR count). The Balaban J connectivity index is 4.46. The van der Waals surface area contributed by atoms with E-state index < -0.39 is 5.41 Å². The van der Waals surface area contributed by atoms with Crippen molar-refractivity contribution in [2.24, 2.45) is 27.1 Å². The van der Waals surface area contributed by atoms with Gasteiger partial charge in [-0.15, -0.1) is 0 Å². The first kappa shape index (κ1) is 11.5. The lowest BCUT2D eigenvalue weighted by Gasteiger charge is -2.26. The second-order valence-electron chi connectivity index (χ2n) is 2.69. The number of nitrogens with two attached hydrogens (primary N) is 2. The number of nitrogens with zero attached hydrogens (tertiary/aromatic N) is 6. The van der Waals surface area contributed by atoms with Gasteiger partial charge in [-0.3, -0.25) is 0 Å². The van der Waals surface area contributed by atoms with Crippen molar-refractivity contribution in [3.05, 3.63) is 20.9 Å². The average Bonchev–Trinajstić information content (AvgIpc) is 2.20. The van der Waals surface area contributed by atoms with E-state index in [2.05, 4.69) is 20.1 Å². The summed E-state index contributed by atoms with van der Waals surface area (Å²) in [5.41, 5.74) is 26.5. The first-order valence-corrected chi connectivity index (χ1v) is 3.66. The van der Waals surface area contributed by atoms with E-state index in [9.17, 15) is 0 Å². The minimum atomic E-state index is -0.599. The van der Waals surface area contributed by atoms with Crippen LogP contribution in [0.5, 0.6) is 0 Å². The molecule has 0 saturated carbocycles. The number of hydrogen-bond acceptors (Lipinski definition) is 4. The molecule has 0 spiro atoms. The monoisotopic (exact) mass is 184 g/mol. The van der Waals surface area contributed by atoms with Gasteiger partial charge in [0.25, 0.3) is 0 Å². The molecule has 0 amide bonds. The highest BCUT2D eigenvalue weighted by Crippen LogP contribution is 2.15. The lowest BCUT2D eigenvalue weighted by Crippen LogP contribution is -2.43. The topological polar surface area (TPSA) is 150 Å². The van der Waals surface area contributed by atoms with Crippen LogP contribution in [0.1, 0.15) is 0 Å². The second-order valence-corrected chi connectivity index (χ2v) is 2.69. The molecule has 4 N–H and O–H groups in total. The molecule has 0 radical (unpaired) electrons. The molecule has 0 heterocycles. The largest absolute Gasteiger partial charge is 0.330 e. The fraction of sp³-hybridized carbons (Fsp3) is 1.00. The Morgan fingerprint density at radius 2 is 1.38 bits per heavy atom. The van der Waals surface area contributed by atoms with Crippen LogP contribution in [0.3, 0.4) is 0 Å². The Morgan fingerprint density at radius 1 is 1.00 bits per heavy atom. The Hall–Kier alpha value is -1.46. The van der Waals surface area contributed by atoms with Gasteiger partial charge in [0.2, 0.25) is 0 Å². The third kappa shape index (κ3) is 3.64. The SMILES string of the molecule is [N-]=[N+]=NCC(CN)(CN)CN=[N+]=[N-]. The van der Waals surface area contributed by atoms with E-state index in [4.69, 9.17) is 22.5 Å². The molecule has 8 nitrogen and oxygen atoms in total. The summed E-state index contributed by atoms with van der Waals surface area (Å²) in [7, 11) is 0. The summed E-state index contributed by atoms with van der Waals surface area (Å²) in [4.78, 5) is 5.21. The van der Waals surface area contributed by atoms with E-state index >= 15 is 0 Å². The molecule has 0 aliphatic carbocycles. The lowest BCUT2D eigenvalue weighted by molar-refractivity contribution is 0.332. The highest BCUT2D eigenvalue weighted by atomic mass is 15.2. The van der Waals surface area contributed by atoms with Crippen LogP contribution < -0.4 is 11.5 Å². The van der Waals surface area contributed by atoms with Crippen molar-refractivity contribution in [2.45, 2.75) is 0 Å². The summed E-state index contributed by atoms with van der Waals surface area (Å²) >= 11 is 0. The van der Waals surface area contributed by atoms with Crippen LogP contribution in [0.2, 0.25) is 0 Å². The molecule has 8 heteroatoms. The van der Waals surface area contributed by atoms with Gasteiger partial charge in [-0.1, -0.05) is 10.2 Å². The predicted octanol–water partition coefficient (Wildman–Crippen LogP) is 0.511. The van der Waals surface area contributed by atoms with E-state index in [0.717, 1.165) is 0 Å². The van der Waals surface area contributed by atoms with Crippen LogP contribution in [-0.4, -0.2) is 26.2 Å². The highest BCUT2D eigenvalue weighted by molar-refractivity contribution is 4.86. The molecule has 0 aromatic rings. The van der Waals surface area contributed by atoms with E-state index in [1.807, 2.05) is 0 Å². The Kier molecular flexibility index (Phi) is 5.42. The normalized spacial score (nSPS) is 10.0. The van der Waals surface area contributed by atoms with Crippen LogP contribution in [0.25, 0.3) is 20.9 Å². The second kappa shape index (κ2) is 6.10. The molecule has 0 aliphatic rings. The number of azide groups is 2. The summed E-state index contributed by atoms with van der Waals surface area (Å²) in [6.45, 7) is 0.744. The molecule has 72 valence electrons. The van der Waals surface area contributed by atoms with Crippen molar-refractivity contribution in [3.63, 3.8) is 0 Å². The molecule has 0 aromatic heterocycles. The molecule has 0 aliphatic heterocycles. The van der Waals surface area contributed by atoms with Gasteiger partial charge in [-0.25, -0.2) is 0 Å². The van der Waals surface area contributed by atoms with Crippen LogP contribution in [0, 0.1) is 5.41 Å². The first-order valence-electron chi connectivity index (χ1n) is 3.66. The van der Waals surface area contributed by atoms with Crippen LogP contribution in [0.4, 0.5) is 0 Å². The Bertz CT molecular complexity index is 209. The predicted molar refractivity (Wildman–Crippen MR) is 48.6 cm³/mol. The van der Waals surface area contributed by atoms with E-state index in [0.29, 0.717) is 0 Å². The molecule has 0 atom stereocenters. The maximum absolute atomic E-state index is 8.12. The van der Waals surface area contributed by atoms with Crippen molar-refractivity contribution < 1.29 is 0 Å². The maximum atomic E-state index is 8.12. The molecule has 0 bridgehead atoms. The number of rotatable bonds is 6. The van der Waals surface area contributed by atoms with E-state index in [-0.39, 0.29) is 26.2 Å². The van der Waals surface area contributed by atoms with Gasteiger partial charge in [0.05, 0.1) is 0 Å². The van der Waals surface area contributed by atoms with Crippen LogP contribution in [-0.2, 0) is 0 Å². The quantitative estimate of drug-likeness (QED) is 0.351. The molecule has 0 aromatic carbocycles. The number of hydrogen-bond donors (Lipinski definition) is 2. The summed E-state index contributed by atoms with van der Waals surface area (Å²) in [5.74, 6) is 0. The lowest BCUT2D eigenvalue weighted by atomic mass is 9.89. The first-order chi connectivity index (χ1) is 6.24. The summed E-state index contributed by atoms with van der Waals surface area (Å²) < 4.78 is 0. The minimum absolute atomic E-state index is 0.148. The third-order valence-electron chi connectivity index (χ3n) is 1.80. The molecular formula is C5H12N8. The zero-order valence-electron chi connectivity index (χ0n) is 7.17. The summed E-state index contributed by atoms with van der Waals surface area (Å²) in [5, 5.41) is 6.75.